The fourth-order valence-corrected chi connectivity index (χ4v) is 1.96. The average Bonchev–Trinajstić information content (AvgIpc) is 2.35. The summed E-state index contributed by atoms with van der Waals surface area (Å²) < 4.78 is 10.4. The van der Waals surface area contributed by atoms with Crippen LogP contribution >= 0.6 is 11.6 Å². The number of rotatable bonds is 7. The van der Waals surface area contributed by atoms with Gasteiger partial charge in [-0.05, 0) is 30.7 Å². The molecule has 0 saturated carbocycles. The highest BCUT2D eigenvalue weighted by Gasteiger charge is 2.12. The lowest BCUT2D eigenvalue weighted by Gasteiger charge is -2.19. The molecule has 1 aromatic carbocycles. The molecule has 0 radical (unpaired) electrons. The molecule has 4 heteroatoms. The van der Waals surface area contributed by atoms with Crippen molar-refractivity contribution in [1.29, 1.82) is 0 Å². The van der Waals surface area contributed by atoms with Crippen LogP contribution in [0.4, 0.5) is 0 Å². The van der Waals surface area contributed by atoms with Gasteiger partial charge in [0.15, 0.2) is 0 Å². The van der Waals surface area contributed by atoms with Gasteiger partial charge in [0.05, 0.1) is 12.1 Å². The molecule has 17 heavy (non-hydrogen) atoms. The Labute approximate surface area is 108 Å². The zero-order valence-corrected chi connectivity index (χ0v) is 11.4. The highest BCUT2D eigenvalue weighted by molar-refractivity contribution is 6.32. The summed E-state index contributed by atoms with van der Waals surface area (Å²) in [5.74, 6) is 0.712. The van der Waals surface area contributed by atoms with Crippen LogP contribution in [0.15, 0.2) is 18.2 Å². The van der Waals surface area contributed by atoms with E-state index in [1.54, 1.807) is 14.2 Å². The summed E-state index contributed by atoms with van der Waals surface area (Å²) in [6.45, 7) is 3.73. The van der Waals surface area contributed by atoms with Crippen molar-refractivity contribution in [3.8, 4) is 5.75 Å². The third kappa shape index (κ3) is 4.19. The minimum Gasteiger partial charge on any atom is -0.495 e. The molecule has 0 saturated heterocycles. The monoisotopic (exact) mass is 257 g/mol. The molecule has 1 aromatic rings. The molecule has 0 aromatic heterocycles. The van der Waals surface area contributed by atoms with E-state index in [2.05, 4.69) is 12.2 Å². The van der Waals surface area contributed by atoms with Crippen LogP contribution in [0.5, 0.6) is 5.75 Å². The molecule has 0 fully saturated rings. The first-order chi connectivity index (χ1) is 8.22. The molecule has 0 aliphatic rings. The Morgan fingerprint density at radius 3 is 2.71 bits per heavy atom. The van der Waals surface area contributed by atoms with E-state index in [0.29, 0.717) is 10.8 Å². The molecule has 1 unspecified atom stereocenters. The van der Waals surface area contributed by atoms with Crippen LogP contribution in [0.3, 0.4) is 0 Å². The van der Waals surface area contributed by atoms with E-state index >= 15 is 0 Å². The highest BCUT2D eigenvalue weighted by Crippen LogP contribution is 2.28. The molecule has 1 rings (SSSR count). The Morgan fingerprint density at radius 2 is 2.12 bits per heavy atom. The van der Waals surface area contributed by atoms with Crippen molar-refractivity contribution in [3.05, 3.63) is 28.8 Å². The summed E-state index contributed by atoms with van der Waals surface area (Å²) >= 11 is 6.01. The second-order valence-electron chi connectivity index (χ2n) is 3.79. The summed E-state index contributed by atoms with van der Waals surface area (Å²) in [5.41, 5.74) is 1.17. The van der Waals surface area contributed by atoms with Crippen LogP contribution in [0, 0.1) is 0 Å². The summed E-state index contributed by atoms with van der Waals surface area (Å²) in [6, 6.07) is 6.14. The molecule has 0 aliphatic carbocycles. The largest absolute Gasteiger partial charge is 0.495 e. The Hall–Kier alpha value is -0.770. The molecular formula is C13H20ClNO2. The molecule has 1 atom stereocenters. The van der Waals surface area contributed by atoms with Gasteiger partial charge in [0.2, 0.25) is 0 Å². The van der Waals surface area contributed by atoms with Gasteiger partial charge in [0, 0.05) is 19.8 Å². The van der Waals surface area contributed by atoms with Gasteiger partial charge in [-0.3, -0.25) is 0 Å². The number of halogens is 1. The van der Waals surface area contributed by atoms with Gasteiger partial charge in [0.25, 0.3) is 0 Å². The maximum Gasteiger partial charge on any atom is 0.137 e. The van der Waals surface area contributed by atoms with Crippen molar-refractivity contribution < 1.29 is 9.47 Å². The van der Waals surface area contributed by atoms with Crippen LogP contribution in [0.1, 0.15) is 24.9 Å². The summed E-state index contributed by atoms with van der Waals surface area (Å²) in [6.07, 6.45) is 0.926. The van der Waals surface area contributed by atoms with E-state index in [9.17, 15) is 0 Å². The van der Waals surface area contributed by atoms with E-state index in [1.807, 2.05) is 18.2 Å². The molecule has 0 amide bonds. The molecule has 0 heterocycles. The third-order valence-corrected chi connectivity index (χ3v) is 2.95. The summed E-state index contributed by atoms with van der Waals surface area (Å²) in [7, 11) is 3.34. The first-order valence-corrected chi connectivity index (χ1v) is 6.16. The zero-order chi connectivity index (χ0) is 12.7. The predicted octanol–water partition coefficient (Wildman–Crippen LogP) is 3.04. The predicted molar refractivity (Wildman–Crippen MR) is 70.9 cm³/mol. The van der Waals surface area contributed by atoms with Gasteiger partial charge < -0.3 is 14.8 Å². The first kappa shape index (κ1) is 14.3. The Kier molecular flexibility index (Phi) is 6.34. The van der Waals surface area contributed by atoms with Crippen molar-refractivity contribution in [3.63, 3.8) is 0 Å². The lowest BCUT2D eigenvalue weighted by atomic mass is 10.0. The molecule has 96 valence electrons. The van der Waals surface area contributed by atoms with E-state index in [4.69, 9.17) is 21.1 Å². The maximum atomic E-state index is 6.01. The number of ether oxygens (including phenoxy) is 2. The van der Waals surface area contributed by atoms with Crippen molar-refractivity contribution in [2.24, 2.45) is 0 Å². The maximum absolute atomic E-state index is 6.01. The normalized spacial score (nSPS) is 12.5. The fourth-order valence-electron chi connectivity index (χ4n) is 1.76. The second-order valence-corrected chi connectivity index (χ2v) is 4.19. The number of hydrogen-bond acceptors (Lipinski definition) is 3. The first-order valence-electron chi connectivity index (χ1n) is 5.78. The van der Waals surface area contributed by atoms with Gasteiger partial charge in [-0.1, -0.05) is 24.6 Å². The zero-order valence-electron chi connectivity index (χ0n) is 10.6. The molecule has 3 nitrogen and oxygen atoms in total. The van der Waals surface area contributed by atoms with Crippen molar-refractivity contribution in [1.82, 2.24) is 5.32 Å². The third-order valence-electron chi connectivity index (χ3n) is 2.64. The molecule has 0 bridgehead atoms. The van der Waals surface area contributed by atoms with E-state index < -0.39 is 0 Å². The number of hydrogen-bond donors (Lipinski definition) is 1. The minimum atomic E-state index is 0.270. The number of nitrogens with one attached hydrogen (secondary N) is 1. The quantitative estimate of drug-likeness (QED) is 0.815. The van der Waals surface area contributed by atoms with Gasteiger partial charge in [-0.25, -0.2) is 0 Å². The van der Waals surface area contributed by atoms with Crippen LogP contribution in [0.2, 0.25) is 5.02 Å². The SMILES string of the molecule is CCNC(CCOC)c1ccc(Cl)c(OC)c1. The van der Waals surface area contributed by atoms with Crippen molar-refractivity contribution in [2.75, 3.05) is 27.4 Å². The van der Waals surface area contributed by atoms with E-state index in [1.165, 1.54) is 5.56 Å². The smallest absolute Gasteiger partial charge is 0.137 e. The average molecular weight is 258 g/mol. The van der Waals surface area contributed by atoms with Crippen LogP contribution in [0.25, 0.3) is 0 Å². The number of methoxy groups -OCH3 is 2. The van der Waals surface area contributed by atoms with E-state index in [0.717, 1.165) is 19.6 Å². The summed E-state index contributed by atoms with van der Waals surface area (Å²) in [4.78, 5) is 0. The minimum absolute atomic E-state index is 0.270. The summed E-state index contributed by atoms with van der Waals surface area (Å²) in [5, 5.41) is 4.06. The standard InChI is InChI=1S/C13H20ClNO2/c1-4-15-12(7-8-16-2)10-5-6-11(14)13(9-10)17-3/h5-6,9,12,15H,4,7-8H2,1-3H3. The van der Waals surface area contributed by atoms with E-state index in [-0.39, 0.29) is 6.04 Å². The molecule has 0 spiro atoms. The molecule has 1 N–H and O–H groups in total. The second kappa shape index (κ2) is 7.54. The number of benzene rings is 1. The Morgan fingerprint density at radius 1 is 1.35 bits per heavy atom. The Balaban J connectivity index is 2.85. The topological polar surface area (TPSA) is 30.5 Å². The van der Waals surface area contributed by atoms with Gasteiger partial charge >= 0.3 is 0 Å². The van der Waals surface area contributed by atoms with Gasteiger partial charge in [0.1, 0.15) is 5.75 Å². The molecular weight excluding hydrogens is 238 g/mol. The van der Waals surface area contributed by atoms with Crippen LogP contribution in [-0.4, -0.2) is 27.4 Å². The van der Waals surface area contributed by atoms with Gasteiger partial charge in [-0.2, -0.15) is 0 Å². The van der Waals surface area contributed by atoms with Crippen molar-refractivity contribution in [2.45, 2.75) is 19.4 Å². The fraction of sp³-hybridized carbons (Fsp3) is 0.538. The lowest BCUT2D eigenvalue weighted by Crippen LogP contribution is -2.22. The van der Waals surface area contributed by atoms with Gasteiger partial charge in [-0.15, -0.1) is 0 Å². The van der Waals surface area contributed by atoms with Crippen LogP contribution in [-0.2, 0) is 4.74 Å². The highest BCUT2D eigenvalue weighted by atomic mass is 35.5. The Bertz CT molecular complexity index is 344. The molecule has 0 aliphatic heterocycles. The lowest BCUT2D eigenvalue weighted by molar-refractivity contribution is 0.183. The van der Waals surface area contributed by atoms with Crippen LogP contribution < -0.4 is 10.1 Å². The van der Waals surface area contributed by atoms with Crippen molar-refractivity contribution >= 4 is 11.6 Å².